The van der Waals surface area contributed by atoms with Gasteiger partial charge in [0.15, 0.2) is 0 Å². The van der Waals surface area contributed by atoms with Crippen molar-refractivity contribution in [3.63, 3.8) is 0 Å². The molecule has 0 radical (unpaired) electrons. The maximum Gasteiger partial charge on any atom is 0.256 e. The highest BCUT2D eigenvalue weighted by Crippen LogP contribution is 2.44. The number of rotatable bonds is 7. The van der Waals surface area contributed by atoms with Crippen molar-refractivity contribution in [1.82, 2.24) is 4.98 Å². The van der Waals surface area contributed by atoms with E-state index in [1.54, 1.807) is 0 Å². The first-order valence-corrected chi connectivity index (χ1v) is 14.8. The standard InChI is InChI=1S/C39H33NO/c1-2-3-4-6-13-26-20-23-36-35(24-26)34-25-28(21-22-33(34)39(41)40-36)38-31-18-11-9-16-29(31)37(27-14-7-5-8-15-27)30-17-10-12-19-32(30)38/h5,7-12,14-25H,2-4,6,13H2,1H3,(H,40,41). The fourth-order valence-electron chi connectivity index (χ4n) is 6.50. The van der Waals surface area contributed by atoms with Crippen LogP contribution in [0.15, 0.2) is 120 Å². The Kier molecular flexibility index (Phi) is 6.60. The van der Waals surface area contributed by atoms with Gasteiger partial charge < -0.3 is 4.98 Å². The van der Waals surface area contributed by atoms with Crippen LogP contribution in [0.4, 0.5) is 0 Å². The lowest BCUT2D eigenvalue weighted by molar-refractivity contribution is 0.667. The minimum Gasteiger partial charge on any atom is -0.321 e. The molecule has 0 saturated carbocycles. The van der Waals surface area contributed by atoms with Gasteiger partial charge in [0.05, 0.1) is 0 Å². The Morgan fingerprint density at radius 2 is 1.15 bits per heavy atom. The van der Waals surface area contributed by atoms with E-state index in [0.29, 0.717) is 0 Å². The third kappa shape index (κ3) is 4.50. The number of aryl methyl sites for hydroxylation is 1. The van der Waals surface area contributed by atoms with Crippen LogP contribution in [0, 0.1) is 0 Å². The molecule has 200 valence electrons. The normalized spacial score (nSPS) is 11.6. The fourth-order valence-corrected chi connectivity index (χ4v) is 6.50. The van der Waals surface area contributed by atoms with Crippen LogP contribution in [0.25, 0.3) is 65.5 Å². The molecule has 1 heterocycles. The highest BCUT2D eigenvalue weighted by Gasteiger charge is 2.17. The highest BCUT2D eigenvalue weighted by atomic mass is 16.1. The average Bonchev–Trinajstić information content (AvgIpc) is 3.02. The topological polar surface area (TPSA) is 32.9 Å². The van der Waals surface area contributed by atoms with E-state index in [9.17, 15) is 4.79 Å². The van der Waals surface area contributed by atoms with Crippen molar-refractivity contribution in [3.8, 4) is 22.3 Å². The summed E-state index contributed by atoms with van der Waals surface area (Å²) >= 11 is 0. The number of H-pyrrole nitrogens is 1. The molecular formula is C39H33NO. The third-order valence-corrected chi connectivity index (χ3v) is 8.49. The number of fused-ring (bicyclic) bond motifs is 5. The molecule has 1 aromatic heterocycles. The minimum atomic E-state index is -0.0381. The number of pyridine rings is 1. The number of hydrogen-bond acceptors (Lipinski definition) is 1. The van der Waals surface area contributed by atoms with Crippen molar-refractivity contribution >= 4 is 43.2 Å². The van der Waals surface area contributed by atoms with Crippen LogP contribution in [0.3, 0.4) is 0 Å². The zero-order valence-electron chi connectivity index (χ0n) is 23.4. The van der Waals surface area contributed by atoms with Crippen LogP contribution in [-0.4, -0.2) is 4.98 Å². The van der Waals surface area contributed by atoms with Crippen molar-refractivity contribution in [2.75, 3.05) is 0 Å². The second kappa shape index (κ2) is 10.7. The predicted molar refractivity (Wildman–Crippen MR) is 176 cm³/mol. The Balaban J connectivity index is 1.49. The van der Waals surface area contributed by atoms with Gasteiger partial charge in [-0.2, -0.15) is 0 Å². The van der Waals surface area contributed by atoms with Crippen LogP contribution in [0.5, 0.6) is 0 Å². The molecule has 0 bridgehead atoms. The van der Waals surface area contributed by atoms with Crippen LogP contribution >= 0.6 is 0 Å². The first-order chi connectivity index (χ1) is 20.2. The summed E-state index contributed by atoms with van der Waals surface area (Å²) in [4.78, 5) is 16.3. The molecular weight excluding hydrogens is 498 g/mol. The summed E-state index contributed by atoms with van der Waals surface area (Å²) in [6, 6.07) is 41.0. The molecule has 0 aliphatic rings. The third-order valence-electron chi connectivity index (χ3n) is 8.49. The largest absolute Gasteiger partial charge is 0.321 e. The summed E-state index contributed by atoms with van der Waals surface area (Å²) in [6.07, 6.45) is 6.02. The predicted octanol–water partition coefficient (Wildman–Crippen LogP) is 10.4. The molecule has 1 N–H and O–H groups in total. The van der Waals surface area contributed by atoms with Crippen LogP contribution in [0.1, 0.15) is 38.2 Å². The van der Waals surface area contributed by atoms with E-state index in [2.05, 4.69) is 121 Å². The Hall–Kier alpha value is -4.69. The lowest BCUT2D eigenvalue weighted by atomic mass is 9.85. The molecule has 7 aromatic rings. The van der Waals surface area contributed by atoms with Gasteiger partial charge in [-0.3, -0.25) is 4.79 Å². The summed E-state index contributed by atoms with van der Waals surface area (Å²) in [5.74, 6) is 0. The Morgan fingerprint density at radius 3 is 1.80 bits per heavy atom. The first kappa shape index (κ1) is 25.3. The number of aromatic amines is 1. The van der Waals surface area contributed by atoms with Gasteiger partial charge in [-0.1, -0.05) is 117 Å². The molecule has 2 nitrogen and oxygen atoms in total. The Bertz CT molecular complexity index is 2050. The molecule has 0 fully saturated rings. The average molecular weight is 532 g/mol. The molecule has 0 aliphatic carbocycles. The molecule has 0 amide bonds. The van der Waals surface area contributed by atoms with Gasteiger partial charge in [-0.05, 0) is 91.9 Å². The van der Waals surface area contributed by atoms with Crippen molar-refractivity contribution in [3.05, 3.63) is 131 Å². The molecule has 0 aliphatic heterocycles. The number of unbranched alkanes of at least 4 members (excludes halogenated alkanes) is 3. The van der Waals surface area contributed by atoms with Gasteiger partial charge in [0.25, 0.3) is 5.56 Å². The summed E-state index contributed by atoms with van der Waals surface area (Å²) in [6.45, 7) is 2.25. The molecule has 6 aromatic carbocycles. The van der Waals surface area contributed by atoms with E-state index in [-0.39, 0.29) is 5.56 Å². The van der Waals surface area contributed by atoms with Crippen molar-refractivity contribution in [2.45, 2.75) is 39.0 Å². The molecule has 0 unspecified atom stereocenters. The van der Waals surface area contributed by atoms with Crippen LogP contribution < -0.4 is 5.56 Å². The maximum absolute atomic E-state index is 13.1. The van der Waals surface area contributed by atoms with E-state index in [0.717, 1.165) is 33.7 Å². The molecule has 0 atom stereocenters. The van der Waals surface area contributed by atoms with Gasteiger partial charge in [0.2, 0.25) is 0 Å². The van der Waals surface area contributed by atoms with Crippen molar-refractivity contribution < 1.29 is 0 Å². The van der Waals surface area contributed by atoms with E-state index >= 15 is 0 Å². The van der Waals surface area contributed by atoms with Gasteiger partial charge in [0.1, 0.15) is 0 Å². The van der Waals surface area contributed by atoms with E-state index in [1.165, 1.54) is 69.5 Å². The van der Waals surface area contributed by atoms with Gasteiger partial charge in [0, 0.05) is 16.3 Å². The van der Waals surface area contributed by atoms with E-state index in [1.807, 2.05) is 6.07 Å². The van der Waals surface area contributed by atoms with Crippen molar-refractivity contribution in [2.24, 2.45) is 0 Å². The highest BCUT2D eigenvalue weighted by molar-refractivity contribution is 6.22. The molecule has 0 spiro atoms. The number of aromatic nitrogens is 1. The second-order valence-electron chi connectivity index (χ2n) is 11.1. The zero-order valence-corrected chi connectivity index (χ0v) is 23.4. The summed E-state index contributed by atoms with van der Waals surface area (Å²) in [5, 5.41) is 7.76. The molecule has 0 saturated heterocycles. The van der Waals surface area contributed by atoms with Crippen molar-refractivity contribution in [1.29, 1.82) is 0 Å². The maximum atomic E-state index is 13.1. The molecule has 7 rings (SSSR count). The monoisotopic (exact) mass is 531 g/mol. The molecule has 2 heteroatoms. The summed E-state index contributed by atoms with van der Waals surface area (Å²) < 4.78 is 0. The number of hydrogen-bond donors (Lipinski definition) is 1. The van der Waals surface area contributed by atoms with Gasteiger partial charge >= 0.3 is 0 Å². The van der Waals surface area contributed by atoms with Crippen LogP contribution in [-0.2, 0) is 6.42 Å². The summed E-state index contributed by atoms with van der Waals surface area (Å²) in [7, 11) is 0. The van der Waals surface area contributed by atoms with E-state index < -0.39 is 0 Å². The number of benzene rings is 6. The van der Waals surface area contributed by atoms with Gasteiger partial charge in [-0.15, -0.1) is 0 Å². The minimum absolute atomic E-state index is 0.0381. The smallest absolute Gasteiger partial charge is 0.256 e. The lowest BCUT2D eigenvalue weighted by Crippen LogP contribution is -2.06. The van der Waals surface area contributed by atoms with E-state index in [4.69, 9.17) is 0 Å². The quantitative estimate of drug-likeness (QED) is 0.124. The second-order valence-corrected chi connectivity index (χ2v) is 11.1. The lowest BCUT2D eigenvalue weighted by Gasteiger charge is -2.18. The SMILES string of the molecule is CCCCCCc1ccc2[nH]c(=O)c3ccc(-c4c5ccccc5c(-c5ccccc5)c5ccccc45)cc3c2c1. The Labute approximate surface area is 240 Å². The summed E-state index contributed by atoms with van der Waals surface area (Å²) in [5.41, 5.74) is 7.00. The van der Waals surface area contributed by atoms with Gasteiger partial charge in [-0.25, -0.2) is 0 Å². The zero-order chi connectivity index (χ0) is 27.8. The number of nitrogens with one attached hydrogen (secondary N) is 1. The van der Waals surface area contributed by atoms with Crippen LogP contribution in [0.2, 0.25) is 0 Å². The first-order valence-electron chi connectivity index (χ1n) is 14.8. The Morgan fingerprint density at radius 1 is 0.512 bits per heavy atom. The fraction of sp³-hybridized carbons (Fsp3) is 0.154. The molecule has 41 heavy (non-hydrogen) atoms.